The summed E-state index contributed by atoms with van der Waals surface area (Å²) in [5, 5.41) is 20.5. The first-order valence-corrected chi connectivity index (χ1v) is 36.3. The average molecular weight is 1290 g/mol. The summed E-state index contributed by atoms with van der Waals surface area (Å²) in [5.74, 6) is 0. The summed E-state index contributed by atoms with van der Waals surface area (Å²) in [6, 6.07) is 111. The van der Waals surface area contributed by atoms with Gasteiger partial charge in [-0.15, -0.1) is 0 Å². The van der Waals surface area contributed by atoms with Gasteiger partial charge in [0, 0.05) is 60.0 Å². The van der Waals surface area contributed by atoms with E-state index in [9.17, 15) is 0 Å². The first kappa shape index (κ1) is 59.8. The van der Waals surface area contributed by atoms with E-state index >= 15 is 0 Å². The molecule has 2 aliphatic heterocycles. The SMILES string of the molecule is CC(C)(C)c1ccc(-c2cccc(-c3ccc(C(C)(C)C)cc3)c2-c2cc3c4c(c2)-n2c5ccc6c7ccccc7c7ccccc7c6c5c5c6c7ccccc7c7ccccc7c6cc(c52)B4c2cc(C(C)(C)c4ccccc4)cc4c5cc(C(C)(C)c6ccccc6)ccc5n-3c24)cc1. The molecule has 0 saturated heterocycles. The molecule has 0 aliphatic carbocycles. The van der Waals surface area contributed by atoms with E-state index in [1.165, 1.54) is 203 Å². The van der Waals surface area contributed by atoms with Gasteiger partial charge < -0.3 is 9.13 Å². The Balaban J connectivity index is 1.02. The standard InChI is InChI=1S/C98H77BN2/c1-95(2,3)61-44-40-58(41-45-61)67-38-25-39-68(59-42-46-62(47-43-59)96(4,5)6)87(67)60-52-85-92-86(53-60)101-84-51-49-77-73-34-19-17-30-69(73)71-32-21-23-36-75(71)88(77)90(84)91-89-76-37-24-22-33-72(76)70-31-18-20-35-74(70)79(89)57-82(94(91)101)99(92)81-56-66(98(9,10)64-28-15-12-16-29-64)55-80-78-54-65(48-50-83(78)100(85)93(80)81)97(7,8)63-26-13-11-14-27-63/h11-57H,1-10H3. The van der Waals surface area contributed by atoms with E-state index in [1.807, 2.05) is 0 Å². The van der Waals surface area contributed by atoms with Crippen LogP contribution in [0.4, 0.5) is 0 Å². The number of hydrogen-bond acceptors (Lipinski definition) is 0. The molecule has 0 saturated carbocycles. The minimum Gasteiger partial charge on any atom is -0.310 e. The predicted molar refractivity (Wildman–Crippen MR) is 436 cm³/mol. The highest BCUT2D eigenvalue weighted by molar-refractivity contribution is 7.00. The van der Waals surface area contributed by atoms with Crippen LogP contribution in [0.25, 0.3) is 153 Å². The van der Waals surface area contributed by atoms with Crippen LogP contribution in [-0.2, 0) is 21.7 Å². The molecule has 0 fully saturated rings. The van der Waals surface area contributed by atoms with Gasteiger partial charge in [0.05, 0.1) is 16.6 Å². The fourth-order valence-corrected chi connectivity index (χ4v) is 18.6. The lowest BCUT2D eigenvalue weighted by Gasteiger charge is -2.36. The number of fused-ring (bicyclic) bond motifs is 24. The van der Waals surface area contributed by atoms with Crippen LogP contribution in [0.1, 0.15) is 103 Å². The minimum atomic E-state index is -0.370. The number of aromatic nitrogens is 2. The molecule has 0 spiro atoms. The van der Waals surface area contributed by atoms with Crippen LogP contribution < -0.4 is 16.4 Å². The Morgan fingerprint density at radius 1 is 0.248 bits per heavy atom. The molecule has 2 aliphatic rings. The molecule has 2 nitrogen and oxygen atoms in total. The third kappa shape index (κ3) is 8.47. The maximum atomic E-state index is 2.77. The van der Waals surface area contributed by atoms with E-state index in [2.05, 4.69) is 363 Å². The van der Waals surface area contributed by atoms with Crippen LogP contribution in [0.2, 0.25) is 0 Å². The van der Waals surface area contributed by atoms with Crippen molar-refractivity contribution in [3.05, 3.63) is 318 Å². The van der Waals surface area contributed by atoms with Gasteiger partial charge in [-0.3, -0.25) is 0 Å². The van der Waals surface area contributed by atoms with E-state index in [0.717, 1.165) is 0 Å². The van der Waals surface area contributed by atoms with Crippen molar-refractivity contribution in [3.8, 4) is 44.8 Å². The summed E-state index contributed by atoms with van der Waals surface area (Å²) in [4.78, 5) is 0. The number of benzene rings is 16. The van der Waals surface area contributed by atoms with Crippen molar-refractivity contribution in [2.75, 3.05) is 0 Å². The van der Waals surface area contributed by atoms with E-state index in [4.69, 9.17) is 0 Å². The quantitative estimate of drug-likeness (QED) is 0.111. The Morgan fingerprint density at radius 2 is 0.653 bits per heavy atom. The van der Waals surface area contributed by atoms with Crippen LogP contribution >= 0.6 is 0 Å². The predicted octanol–water partition coefficient (Wildman–Crippen LogP) is 24.2. The van der Waals surface area contributed by atoms with Crippen molar-refractivity contribution in [2.45, 2.75) is 90.9 Å². The largest absolute Gasteiger partial charge is 0.310 e. The van der Waals surface area contributed by atoms with E-state index in [0.29, 0.717) is 0 Å². The Bertz CT molecular complexity index is 6490. The van der Waals surface area contributed by atoms with E-state index in [1.54, 1.807) is 0 Å². The number of nitrogens with zero attached hydrogens (tertiary/aromatic N) is 2. The minimum absolute atomic E-state index is 0.0103. The monoisotopic (exact) mass is 1290 g/mol. The van der Waals surface area contributed by atoms with Gasteiger partial charge in [0.15, 0.2) is 0 Å². The summed E-state index contributed by atoms with van der Waals surface area (Å²) in [6.45, 7) is 23.4. The van der Waals surface area contributed by atoms with Gasteiger partial charge in [0.25, 0.3) is 6.71 Å². The third-order valence-electron chi connectivity index (χ3n) is 24.0. The molecule has 20 rings (SSSR count). The van der Waals surface area contributed by atoms with Crippen LogP contribution in [-0.4, -0.2) is 15.8 Å². The molecule has 3 heteroatoms. The molecule has 16 aromatic carbocycles. The van der Waals surface area contributed by atoms with E-state index in [-0.39, 0.29) is 28.4 Å². The summed E-state index contributed by atoms with van der Waals surface area (Å²) < 4.78 is 5.50. The second kappa shape index (κ2) is 21.1. The lowest BCUT2D eigenvalue weighted by atomic mass is 9.34. The third-order valence-corrected chi connectivity index (χ3v) is 24.0. The van der Waals surface area contributed by atoms with Crippen molar-refractivity contribution in [1.82, 2.24) is 9.13 Å². The number of hydrogen-bond donors (Lipinski definition) is 0. The van der Waals surface area contributed by atoms with Gasteiger partial charge in [0.2, 0.25) is 0 Å². The molecule has 0 bridgehead atoms. The summed E-state index contributed by atoms with van der Waals surface area (Å²) in [6.07, 6.45) is 0. The zero-order valence-corrected chi connectivity index (χ0v) is 59.1. The fourth-order valence-electron chi connectivity index (χ4n) is 18.6. The normalized spacial score (nSPS) is 13.2. The zero-order valence-electron chi connectivity index (χ0n) is 59.1. The van der Waals surface area contributed by atoms with Crippen LogP contribution in [0.5, 0.6) is 0 Å². The molecule has 101 heavy (non-hydrogen) atoms. The Hall–Kier alpha value is -11.3. The van der Waals surface area contributed by atoms with Gasteiger partial charge >= 0.3 is 0 Å². The molecule has 482 valence electrons. The molecule has 0 unspecified atom stereocenters. The molecular formula is C98H77BN2. The van der Waals surface area contributed by atoms with Crippen molar-refractivity contribution >= 4 is 131 Å². The molecule has 0 amide bonds. The molecular weight excluding hydrogens is 1220 g/mol. The lowest BCUT2D eigenvalue weighted by Crippen LogP contribution is -2.59. The van der Waals surface area contributed by atoms with Gasteiger partial charge in [-0.2, -0.15) is 0 Å². The van der Waals surface area contributed by atoms with Gasteiger partial charge in [-0.05, 0) is 184 Å². The molecule has 0 radical (unpaired) electrons. The fraction of sp³-hybridized carbons (Fsp3) is 0.143. The zero-order chi connectivity index (χ0) is 68.3. The van der Waals surface area contributed by atoms with Crippen LogP contribution in [0.15, 0.2) is 285 Å². The molecule has 0 N–H and O–H groups in total. The average Bonchev–Trinajstić information content (AvgIpc) is 1.53. The maximum absolute atomic E-state index is 2.77. The molecule has 18 aromatic rings. The summed E-state index contributed by atoms with van der Waals surface area (Å²) in [7, 11) is 0. The highest BCUT2D eigenvalue weighted by Gasteiger charge is 2.44. The van der Waals surface area contributed by atoms with Gasteiger partial charge in [0.1, 0.15) is 0 Å². The smallest absolute Gasteiger partial charge is 0.252 e. The summed E-state index contributed by atoms with van der Waals surface area (Å²) in [5.41, 5.74) is 25.7. The molecule has 2 aromatic heterocycles. The first-order chi connectivity index (χ1) is 48.9. The van der Waals surface area contributed by atoms with Gasteiger partial charge in [-0.25, -0.2) is 0 Å². The highest BCUT2D eigenvalue weighted by atomic mass is 15.0. The van der Waals surface area contributed by atoms with Crippen molar-refractivity contribution < 1.29 is 0 Å². The van der Waals surface area contributed by atoms with Crippen LogP contribution in [0, 0.1) is 0 Å². The van der Waals surface area contributed by atoms with Crippen LogP contribution in [0.3, 0.4) is 0 Å². The van der Waals surface area contributed by atoms with Crippen molar-refractivity contribution in [1.29, 1.82) is 0 Å². The van der Waals surface area contributed by atoms with Crippen molar-refractivity contribution in [2.24, 2.45) is 0 Å². The highest BCUT2D eigenvalue weighted by Crippen LogP contribution is 2.52. The topological polar surface area (TPSA) is 9.86 Å². The summed E-state index contributed by atoms with van der Waals surface area (Å²) >= 11 is 0. The maximum Gasteiger partial charge on any atom is 0.252 e. The van der Waals surface area contributed by atoms with Crippen molar-refractivity contribution in [3.63, 3.8) is 0 Å². The molecule has 4 heterocycles. The molecule has 0 atom stereocenters. The second-order valence-electron chi connectivity index (χ2n) is 32.3. The lowest BCUT2D eigenvalue weighted by molar-refractivity contribution is 0.590. The number of rotatable bonds is 7. The Morgan fingerprint density at radius 3 is 1.17 bits per heavy atom. The van der Waals surface area contributed by atoms with E-state index < -0.39 is 0 Å². The Kier molecular flexibility index (Phi) is 12.5. The van der Waals surface area contributed by atoms with Gasteiger partial charge in [-0.1, -0.05) is 318 Å². The Labute approximate surface area is 590 Å². The first-order valence-electron chi connectivity index (χ1n) is 36.3. The second-order valence-corrected chi connectivity index (χ2v) is 32.3.